The molecule has 0 fully saturated rings. The Labute approximate surface area is 130 Å². The van der Waals surface area contributed by atoms with E-state index in [1.807, 2.05) is 67.7 Å². The first-order valence-electron chi connectivity index (χ1n) is 7.62. The first-order valence-corrected chi connectivity index (χ1v) is 7.62. The van der Waals surface area contributed by atoms with Gasteiger partial charge in [0.05, 0.1) is 0 Å². The van der Waals surface area contributed by atoms with E-state index in [9.17, 15) is 0 Å². The van der Waals surface area contributed by atoms with E-state index in [2.05, 4.69) is 11.0 Å². The van der Waals surface area contributed by atoms with Crippen LogP contribution in [0.15, 0.2) is 66.7 Å². The molecule has 3 aromatic carbocycles. The van der Waals surface area contributed by atoms with Gasteiger partial charge in [-0.2, -0.15) is 0 Å². The number of hydrogen-bond acceptors (Lipinski definition) is 1. The van der Waals surface area contributed by atoms with E-state index in [1.165, 1.54) is 0 Å². The Morgan fingerprint density at radius 3 is 2.50 bits per heavy atom. The largest absolute Gasteiger partial charge is 0.298 e. The zero-order valence-electron chi connectivity index (χ0n) is 12.6. The molecule has 1 atom stereocenters. The zero-order valence-corrected chi connectivity index (χ0v) is 12.6. The summed E-state index contributed by atoms with van der Waals surface area (Å²) in [6.07, 6.45) is 0. The fraction of sp³-hybridized carbons (Fsp3) is 0.200. The second kappa shape index (κ2) is 4.92. The van der Waals surface area contributed by atoms with Crippen LogP contribution in [0, 0.1) is 0 Å². The van der Waals surface area contributed by atoms with Crippen LogP contribution in [0.1, 0.15) is 16.7 Å². The van der Waals surface area contributed by atoms with Crippen molar-refractivity contribution in [1.29, 1.82) is 0 Å². The topological polar surface area (TPSA) is 3.24 Å². The Morgan fingerprint density at radius 1 is 0.909 bits per heavy atom. The Bertz CT molecular complexity index is 842. The average molecular weight is 291 g/mol. The van der Waals surface area contributed by atoms with E-state index in [4.69, 9.17) is 0 Å². The zero-order chi connectivity index (χ0) is 15.2. The summed E-state index contributed by atoms with van der Waals surface area (Å²) in [6.45, 7) is 1.19. The second-order valence-corrected chi connectivity index (χ2v) is 6.19. The van der Waals surface area contributed by atoms with Crippen molar-refractivity contribution in [2.75, 3.05) is 13.6 Å². The summed E-state index contributed by atoms with van der Waals surface area (Å²) < 4.78 is 16.0. The summed E-state index contributed by atoms with van der Waals surface area (Å²) in [4.78, 5) is 2.05. The smallest absolute Gasteiger partial charge is 0.173 e. The Balaban J connectivity index is 1.92. The van der Waals surface area contributed by atoms with Crippen LogP contribution in [0.25, 0.3) is 10.8 Å². The van der Waals surface area contributed by atoms with Crippen molar-refractivity contribution in [2.24, 2.45) is 0 Å². The number of rotatable bonds is 1. The predicted octanol–water partition coefficient (Wildman–Crippen LogP) is 4.50. The minimum absolute atomic E-state index is 0.391. The van der Waals surface area contributed by atoms with Gasteiger partial charge >= 0.3 is 0 Å². The molecule has 1 heterocycles. The number of alkyl halides is 1. The van der Waals surface area contributed by atoms with E-state index in [1.54, 1.807) is 0 Å². The van der Waals surface area contributed by atoms with E-state index >= 15 is 4.39 Å². The summed E-state index contributed by atoms with van der Waals surface area (Å²) >= 11 is 0. The average Bonchev–Trinajstić information content (AvgIpc) is 2.54. The molecule has 0 aromatic heterocycles. The van der Waals surface area contributed by atoms with Gasteiger partial charge < -0.3 is 0 Å². The molecule has 1 nitrogen and oxygen atoms in total. The van der Waals surface area contributed by atoms with Crippen molar-refractivity contribution in [2.45, 2.75) is 12.2 Å². The molecule has 0 saturated carbocycles. The van der Waals surface area contributed by atoms with Crippen molar-refractivity contribution in [3.63, 3.8) is 0 Å². The first-order chi connectivity index (χ1) is 10.7. The van der Waals surface area contributed by atoms with Crippen molar-refractivity contribution in [1.82, 2.24) is 4.90 Å². The number of likely N-dealkylation sites (N-methyl/N-ethyl adjacent to an activating group) is 1. The van der Waals surface area contributed by atoms with E-state index < -0.39 is 5.67 Å². The molecule has 4 rings (SSSR count). The lowest BCUT2D eigenvalue weighted by Gasteiger charge is -2.37. The maximum atomic E-state index is 16.0. The van der Waals surface area contributed by atoms with Gasteiger partial charge in [-0.25, -0.2) is 4.39 Å². The van der Waals surface area contributed by atoms with Crippen LogP contribution in [-0.2, 0) is 12.2 Å². The summed E-state index contributed by atoms with van der Waals surface area (Å²) in [6, 6.07) is 21.9. The minimum Gasteiger partial charge on any atom is -0.298 e. The minimum atomic E-state index is -1.45. The lowest BCUT2D eigenvalue weighted by atomic mass is 9.81. The van der Waals surface area contributed by atoms with Crippen LogP contribution >= 0.6 is 0 Å². The van der Waals surface area contributed by atoms with Gasteiger partial charge in [-0.15, -0.1) is 0 Å². The Morgan fingerprint density at radius 2 is 1.64 bits per heavy atom. The molecule has 3 aromatic rings. The summed E-state index contributed by atoms with van der Waals surface area (Å²) in [5.74, 6) is 0. The van der Waals surface area contributed by atoms with Crippen LogP contribution in [0.3, 0.4) is 0 Å². The van der Waals surface area contributed by atoms with Crippen molar-refractivity contribution in [3.05, 3.63) is 83.4 Å². The maximum absolute atomic E-state index is 16.0. The lowest BCUT2D eigenvalue weighted by molar-refractivity contribution is 0.121. The number of hydrogen-bond donors (Lipinski definition) is 0. The molecule has 1 aliphatic rings. The molecule has 0 aliphatic carbocycles. The monoisotopic (exact) mass is 291 g/mol. The second-order valence-electron chi connectivity index (χ2n) is 6.19. The standard InChI is InChI=1S/C20H18FN/c1-22-13-17-8-4-5-9-19(17)20(21,14-22)18-11-10-15-6-2-3-7-16(15)12-18/h2-12H,13-14H2,1H3. The number of benzene rings is 3. The summed E-state index contributed by atoms with van der Waals surface area (Å²) in [5, 5.41) is 2.23. The highest BCUT2D eigenvalue weighted by Crippen LogP contribution is 2.41. The normalized spacial score (nSPS) is 21.7. The van der Waals surface area contributed by atoms with Gasteiger partial charge in [-0.1, -0.05) is 60.7 Å². The first kappa shape index (κ1) is 13.5. The third kappa shape index (κ3) is 2.03. The van der Waals surface area contributed by atoms with E-state index in [-0.39, 0.29) is 0 Å². The fourth-order valence-corrected chi connectivity index (χ4v) is 3.53. The molecule has 0 N–H and O–H groups in total. The molecule has 0 bridgehead atoms. The molecular formula is C20H18FN. The van der Waals surface area contributed by atoms with Gasteiger partial charge in [0.2, 0.25) is 0 Å². The molecule has 0 saturated heterocycles. The van der Waals surface area contributed by atoms with Gasteiger partial charge in [0, 0.05) is 13.1 Å². The third-order valence-corrected chi connectivity index (χ3v) is 4.58. The maximum Gasteiger partial charge on any atom is 0.173 e. The molecule has 1 aliphatic heterocycles. The molecule has 110 valence electrons. The molecule has 22 heavy (non-hydrogen) atoms. The van der Waals surface area contributed by atoms with Gasteiger partial charge in [0.1, 0.15) is 0 Å². The molecule has 1 unspecified atom stereocenters. The Hall–Kier alpha value is -2.19. The van der Waals surface area contributed by atoms with Crippen LogP contribution < -0.4 is 0 Å². The number of nitrogens with zero attached hydrogens (tertiary/aromatic N) is 1. The van der Waals surface area contributed by atoms with Gasteiger partial charge in [-0.05, 0) is 40.6 Å². The van der Waals surface area contributed by atoms with E-state index in [0.717, 1.165) is 34.0 Å². The van der Waals surface area contributed by atoms with Crippen LogP contribution in [0.4, 0.5) is 4.39 Å². The SMILES string of the molecule is CN1Cc2ccccc2C(F)(c2ccc3ccccc3c2)C1. The quantitative estimate of drug-likeness (QED) is 0.638. The predicted molar refractivity (Wildman–Crippen MR) is 88.6 cm³/mol. The van der Waals surface area contributed by atoms with Gasteiger partial charge in [0.15, 0.2) is 5.67 Å². The highest BCUT2D eigenvalue weighted by molar-refractivity contribution is 5.83. The fourth-order valence-electron chi connectivity index (χ4n) is 3.53. The molecule has 0 spiro atoms. The highest BCUT2D eigenvalue weighted by Gasteiger charge is 2.40. The number of halogens is 1. The molecule has 0 amide bonds. The third-order valence-electron chi connectivity index (χ3n) is 4.58. The summed E-state index contributed by atoms with van der Waals surface area (Å²) in [5.41, 5.74) is 1.17. The Kier molecular flexibility index (Phi) is 3.02. The van der Waals surface area contributed by atoms with Crippen LogP contribution in [0.5, 0.6) is 0 Å². The van der Waals surface area contributed by atoms with E-state index in [0.29, 0.717) is 6.54 Å². The summed E-state index contributed by atoms with van der Waals surface area (Å²) in [7, 11) is 1.98. The highest BCUT2D eigenvalue weighted by atomic mass is 19.1. The van der Waals surface area contributed by atoms with Gasteiger partial charge in [0.25, 0.3) is 0 Å². The molecule has 2 heteroatoms. The van der Waals surface area contributed by atoms with Crippen molar-refractivity contribution in [3.8, 4) is 0 Å². The van der Waals surface area contributed by atoms with Crippen LogP contribution in [-0.4, -0.2) is 18.5 Å². The number of fused-ring (bicyclic) bond motifs is 2. The molecular weight excluding hydrogens is 273 g/mol. The lowest BCUT2D eigenvalue weighted by Crippen LogP contribution is -2.41. The van der Waals surface area contributed by atoms with Crippen molar-refractivity contribution >= 4 is 10.8 Å². The van der Waals surface area contributed by atoms with Crippen molar-refractivity contribution < 1.29 is 4.39 Å². The van der Waals surface area contributed by atoms with Crippen LogP contribution in [0.2, 0.25) is 0 Å². The molecule has 0 radical (unpaired) electrons. The van der Waals surface area contributed by atoms with Gasteiger partial charge in [-0.3, -0.25) is 4.90 Å².